The summed E-state index contributed by atoms with van der Waals surface area (Å²) in [6.07, 6.45) is 2.82. The summed E-state index contributed by atoms with van der Waals surface area (Å²) < 4.78 is 4.97. The van der Waals surface area contributed by atoms with Crippen molar-refractivity contribution in [1.82, 2.24) is 10.3 Å². The molecule has 0 bridgehead atoms. The first-order chi connectivity index (χ1) is 8.19. The second-order valence-electron chi connectivity index (χ2n) is 3.19. The fraction of sp³-hybridized carbons (Fsp3) is 0.364. The van der Waals surface area contributed by atoms with Gasteiger partial charge in [0, 0.05) is 13.1 Å². The summed E-state index contributed by atoms with van der Waals surface area (Å²) in [5, 5.41) is 3.62. The van der Waals surface area contributed by atoms with Gasteiger partial charge < -0.3 is 9.32 Å². The van der Waals surface area contributed by atoms with Gasteiger partial charge in [-0.25, -0.2) is 5.43 Å². The number of rotatable bonds is 4. The normalized spacial score (nSPS) is 10.5. The number of likely N-dealkylation sites (N-methyl/N-ethyl adjacent to an activating group) is 1. The van der Waals surface area contributed by atoms with Crippen molar-refractivity contribution in [1.29, 1.82) is 0 Å². The maximum atomic E-state index is 11.5. The SMILES string of the molecule is CCN(CC)C(=O)C(=O)NN=Cc1ccco1. The van der Waals surface area contributed by atoms with Crippen molar-refractivity contribution in [3.05, 3.63) is 24.2 Å². The van der Waals surface area contributed by atoms with Crippen molar-refractivity contribution in [2.45, 2.75) is 13.8 Å². The molecule has 2 amide bonds. The first kappa shape index (κ1) is 13.0. The molecular weight excluding hydrogens is 222 g/mol. The van der Waals surface area contributed by atoms with Gasteiger partial charge in [0.05, 0.1) is 12.5 Å². The lowest BCUT2D eigenvalue weighted by Gasteiger charge is -2.16. The predicted molar refractivity (Wildman–Crippen MR) is 62.4 cm³/mol. The average molecular weight is 237 g/mol. The number of hydrogen-bond donors (Lipinski definition) is 1. The molecule has 92 valence electrons. The van der Waals surface area contributed by atoms with Crippen LogP contribution in [0.3, 0.4) is 0 Å². The quantitative estimate of drug-likeness (QED) is 0.473. The highest BCUT2D eigenvalue weighted by atomic mass is 16.3. The highest BCUT2D eigenvalue weighted by Crippen LogP contribution is 1.94. The Kier molecular flexibility index (Phi) is 4.93. The lowest BCUT2D eigenvalue weighted by atomic mass is 10.4. The second kappa shape index (κ2) is 6.47. The van der Waals surface area contributed by atoms with Crippen LogP contribution < -0.4 is 5.43 Å². The number of nitrogens with one attached hydrogen (secondary N) is 1. The third kappa shape index (κ3) is 3.75. The smallest absolute Gasteiger partial charge is 0.329 e. The largest absolute Gasteiger partial charge is 0.463 e. The monoisotopic (exact) mass is 237 g/mol. The van der Waals surface area contributed by atoms with E-state index >= 15 is 0 Å². The third-order valence-electron chi connectivity index (χ3n) is 2.15. The van der Waals surface area contributed by atoms with Crippen molar-refractivity contribution in [3.8, 4) is 0 Å². The van der Waals surface area contributed by atoms with Crippen molar-refractivity contribution in [2.24, 2.45) is 5.10 Å². The van der Waals surface area contributed by atoms with E-state index in [1.807, 2.05) is 0 Å². The van der Waals surface area contributed by atoms with Crippen LogP contribution in [-0.2, 0) is 9.59 Å². The zero-order chi connectivity index (χ0) is 12.7. The summed E-state index contributed by atoms with van der Waals surface area (Å²) in [5.41, 5.74) is 2.15. The van der Waals surface area contributed by atoms with Crippen LogP contribution in [0.2, 0.25) is 0 Å². The fourth-order valence-electron chi connectivity index (χ4n) is 1.22. The molecule has 0 fully saturated rings. The van der Waals surface area contributed by atoms with Crippen LogP contribution in [0.25, 0.3) is 0 Å². The molecule has 6 nitrogen and oxygen atoms in total. The molecule has 0 radical (unpaired) electrons. The minimum absolute atomic E-state index is 0.491. The van der Waals surface area contributed by atoms with E-state index in [-0.39, 0.29) is 0 Å². The summed E-state index contributed by atoms with van der Waals surface area (Å²) in [7, 11) is 0. The molecule has 0 aliphatic heterocycles. The van der Waals surface area contributed by atoms with Gasteiger partial charge >= 0.3 is 11.8 Å². The Morgan fingerprint density at radius 1 is 1.47 bits per heavy atom. The summed E-state index contributed by atoms with van der Waals surface area (Å²) in [4.78, 5) is 24.3. The number of hydrogen-bond acceptors (Lipinski definition) is 4. The van der Waals surface area contributed by atoms with E-state index in [0.29, 0.717) is 18.8 Å². The highest BCUT2D eigenvalue weighted by Gasteiger charge is 2.18. The minimum Gasteiger partial charge on any atom is -0.463 e. The Balaban J connectivity index is 2.47. The van der Waals surface area contributed by atoms with Crippen molar-refractivity contribution < 1.29 is 14.0 Å². The van der Waals surface area contributed by atoms with Gasteiger partial charge in [-0.1, -0.05) is 0 Å². The molecule has 0 atom stereocenters. The molecule has 0 unspecified atom stereocenters. The van der Waals surface area contributed by atoms with Gasteiger partial charge in [-0.3, -0.25) is 9.59 Å². The Morgan fingerprint density at radius 2 is 2.18 bits per heavy atom. The molecule has 0 spiro atoms. The van der Waals surface area contributed by atoms with Gasteiger partial charge in [0.15, 0.2) is 0 Å². The number of nitrogens with zero attached hydrogens (tertiary/aromatic N) is 2. The predicted octanol–water partition coefficient (Wildman–Crippen LogP) is 0.598. The molecule has 1 rings (SSSR count). The van der Waals surface area contributed by atoms with E-state index in [0.717, 1.165) is 0 Å². The molecule has 0 saturated carbocycles. The minimum atomic E-state index is -0.753. The number of furan rings is 1. The van der Waals surface area contributed by atoms with E-state index in [2.05, 4.69) is 10.5 Å². The van der Waals surface area contributed by atoms with Gasteiger partial charge in [-0.2, -0.15) is 5.10 Å². The lowest BCUT2D eigenvalue weighted by Crippen LogP contribution is -2.41. The van der Waals surface area contributed by atoms with Crippen molar-refractivity contribution in [3.63, 3.8) is 0 Å². The zero-order valence-corrected chi connectivity index (χ0v) is 9.84. The molecule has 0 aliphatic carbocycles. The van der Waals surface area contributed by atoms with Crippen LogP contribution in [0.4, 0.5) is 0 Å². The molecule has 17 heavy (non-hydrogen) atoms. The van der Waals surface area contributed by atoms with Gasteiger partial charge in [0.1, 0.15) is 5.76 Å². The Hall–Kier alpha value is -2.11. The molecule has 1 N–H and O–H groups in total. The number of carbonyl (C=O) groups is 2. The zero-order valence-electron chi connectivity index (χ0n) is 9.84. The molecule has 1 aromatic rings. The van der Waals surface area contributed by atoms with Crippen molar-refractivity contribution in [2.75, 3.05) is 13.1 Å². The van der Waals surface area contributed by atoms with Crippen LogP contribution in [0.15, 0.2) is 27.9 Å². The Labute approximate surface area is 99.3 Å². The molecule has 0 aliphatic rings. The maximum Gasteiger partial charge on any atom is 0.329 e. The molecule has 1 heterocycles. The summed E-state index contributed by atoms with van der Waals surface area (Å²) >= 11 is 0. The molecular formula is C11H15N3O3. The van der Waals surface area contributed by atoms with E-state index in [1.165, 1.54) is 17.4 Å². The first-order valence-electron chi connectivity index (χ1n) is 5.34. The number of amides is 2. The van der Waals surface area contributed by atoms with Gasteiger partial charge in [-0.05, 0) is 26.0 Å². The van der Waals surface area contributed by atoms with Crippen LogP contribution in [0, 0.1) is 0 Å². The molecule has 6 heteroatoms. The van der Waals surface area contributed by atoms with Gasteiger partial charge in [0.25, 0.3) is 0 Å². The van der Waals surface area contributed by atoms with Crippen LogP contribution in [-0.4, -0.2) is 36.0 Å². The number of carbonyl (C=O) groups excluding carboxylic acids is 2. The maximum absolute atomic E-state index is 11.5. The summed E-state index contributed by atoms with van der Waals surface area (Å²) in [6, 6.07) is 3.38. The van der Waals surface area contributed by atoms with Crippen molar-refractivity contribution >= 4 is 18.0 Å². The number of hydrazone groups is 1. The second-order valence-corrected chi connectivity index (χ2v) is 3.19. The van der Waals surface area contributed by atoms with Crippen LogP contribution >= 0.6 is 0 Å². The highest BCUT2D eigenvalue weighted by molar-refractivity contribution is 6.34. The van der Waals surface area contributed by atoms with Crippen LogP contribution in [0.1, 0.15) is 19.6 Å². The van der Waals surface area contributed by atoms with Gasteiger partial charge in [-0.15, -0.1) is 0 Å². The topological polar surface area (TPSA) is 74.9 Å². The van der Waals surface area contributed by atoms with E-state index in [1.54, 1.807) is 26.0 Å². The summed E-state index contributed by atoms with van der Waals surface area (Å²) in [5.74, 6) is -0.844. The standard InChI is InChI=1S/C11H15N3O3/c1-3-14(4-2)11(16)10(15)13-12-8-9-6-5-7-17-9/h5-8H,3-4H2,1-2H3,(H,13,15). The molecule has 1 aromatic heterocycles. The van der Waals surface area contributed by atoms with E-state index < -0.39 is 11.8 Å². The first-order valence-corrected chi connectivity index (χ1v) is 5.34. The van der Waals surface area contributed by atoms with Crippen LogP contribution in [0.5, 0.6) is 0 Å². The average Bonchev–Trinajstić information content (AvgIpc) is 2.83. The molecule has 0 aromatic carbocycles. The van der Waals surface area contributed by atoms with E-state index in [4.69, 9.17) is 4.42 Å². The third-order valence-corrected chi connectivity index (χ3v) is 2.15. The van der Waals surface area contributed by atoms with E-state index in [9.17, 15) is 9.59 Å². The lowest BCUT2D eigenvalue weighted by molar-refractivity contribution is -0.145. The van der Waals surface area contributed by atoms with Gasteiger partial charge in [0.2, 0.25) is 0 Å². The Morgan fingerprint density at radius 3 is 2.71 bits per heavy atom. The fourth-order valence-corrected chi connectivity index (χ4v) is 1.22. The Bertz CT molecular complexity index is 394. The summed E-state index contributed by atoms with van der Waals surface area (Å²) in [6.45, 7) is 4.59. The molecule has 0 saturated heterocycles.